The zero-order valence-corrected chi connectivity index (χ0v) is 30.2. The second-order valence-corrected chi connectivity index (χ2v) is 13.2. The van der Waals surface area contributed by atoms with Gasteiger partial charge in [0.1, 0.15) is 24.2 Å². The Morgan fingerprint density at radius 2 is 1.73 bits per heavy atom. The van der Waals surface area contributed by atoms with E-state index in [4.69, 9.17) is 19.2 Å². The summed E-state index contributed by atoms with van der Waals surface area (Å²) in [7, 11) is 3.11. The number of aromatic nitrogens is 1. The Kier molecular flexibility index (Phi) is 10.0. The molecule has 5 aromatic rings. The molecule has 49 heavy (non-hydrogen) atoms. The van der Waals surface area contributed by atoms with Gasteiger partial charge in [0.2, 0.25) is 0 Å². The summed E-state index contributed by atoms with van der Waals surface area (Å²) >= 11 is 4.82. The molecule has 1 aromatic heterocycles. The van der Waals surface area contributed by atoms with Gasteiger partial charge in [-0.05, 0) is 83.4 Å². The van der Waals surface area contributed by atoms with E-state index < -0.39 is 6.04 Å². The molecule has 4 aromatic carbocycles. The first kappa shape index (κ1) is 34.1. The average Bonchev–Trinajstić information content (AvgIpc) is 3.40. The van der Waals surface area contributed by atoms with Gasteiger partial charge in [-0.1, -0.05) is 59.9 Å². The zero-order valence-electron chi connectivity index (χ0n) is 27.8. The summed E-state index contributed by atoms with van der Waals surface area (Å²) in [5, 5.41) is 1.83. The molecular formula is C38H35BrFN3O5S. The van der Waals surface area contributed by atoms with E-state index in [1.807, 2.05) is 63.2 Å². The maximum atomic E-state index is 14.5. The van der Waals surface area contributed by atoms with E-state index in [1.54, 1.807) is 46.9 Å². The maximum Gasteiger partial charge on any atom is 0.271 e. The lowest BCUT2D eigenvalue weighted by molar-refractivity contribution is -0.127. The van der Waals surface area contributed by atoms with Crippen LogP contribution in [-0.4, -0.2) is 42.7 Å². The molecule has 11 heteroatoms. The van der Waals surface area contributed by atoms with Gasteiger partial charge in [-0.25, -0.2) is 9.38 Å². The largest absolute Gasteiger partial charge is 0.496 e. The topological polar surface area (TPSA) is 82.4 Å². The van der Waals surface area contributed by atoms with Crippen molar-refractivity contribution in [2.45, 2.75) is 33.4 Å². The predicted octanol–water partition coefficient (Wildman–Crippen LogP) is 6.75. The van der Waals surface area contributed by atoms with Crippen LogP contribution >= 0.6 is 27.3 Å². The van der Waals surface area contributed by atoms with Crippen LogP contribution in [0.1, 0.15) is 43.5 Å². The molecule has 1 aliphatic heterocycles. The number of fused-ring (bicyclic) bond motifs is 2. The Labute approximate surface area is 295 Å². The van der Waals surface area contributed by atoms with Gasteiger partial charge in [0.15, 0.2) is 16.3 Å². The molecule has 0 radical (unpaired) electrons. The molecule has 0 saturated carbocycles. The van der Waals surface area contributed by atoms with Gasteiger partial charge in [0, 0.05) is 24.2 Å². The van der Waals surface area contributed by atoms with E-state index in [1.165, 1.54) is 24.5 Å². The Balaban J connectivity index is 1.52. The summed E-state index contributed by atoms with van der Waals surface area (Å²) in [6.07, 6.45) is 1.76. The van der Waals surface area contributed by atoms with Crippen molar-refractivity contribution >= 4 is 50.0 Å². The van der Waals surface area contributed by atoms with Gasteiger partial charge in [0.05, 0.1) is 34.5 Å². The third-order valence-electron chi connectivity index (χ3n) is 8.61. The van der Waals surface area contributed by atoms with Gasteiger partial charge >= 0.3 is 0 Å². The van der Waals surface area contributed by atoms with E-state index in [0.29, 0.717) is 66.5 Å². The van der Waals surface area contributed by atoms with Crippen molar-refractivity contribution in [2.24, 2.45) is 4.99 Å². The number of allylic oxidation sites excluding steroid dienone is 1. The quantitative estimate of drug-likeness (QED) is 0.158. The number of nitrogens with zero attached hydrogens (tertiary/aromatic N) is 3. The van der Waals surface area contributed by atoms with E-state index in [9.17, 15) is 14.0 Å². The standard InChI is InChI=1S/C38H35BrFN3O5S/c1-6-42(7-2)37(45)32-22(3)41-38-43(34(32)33-26-14-10-8-12-24(26)16-17-29(33)46-4)36(44)31(49-38)20-23-18-27(39)35(30(19-23)47-5)48-21-25-13-9-11-15-28(25)40/h8-20,34H,6-7,21H2,1-5H3/b31-20+/t34-/m1/s1. The molecule has 0 bridgehead atoms. The molecular weight excluding hydrogens is 709 g/mol. The van der Waals surface area contributed by atoms with E-state index in [0.717, 1.165) is 16.3 Å². The number of amides is 1. The lowest BCUT2D eigenvalue weighted by Gasteiger charge is -2.30. The van der Waals surface area contributed by atoms with Crippen LogP contribution in [0, 0.1) is 5.82 Å². The molecule has 2 heterocycles. The average molecular weight is 745 g/mol. The predicted molar refractivity (Wildman–Crippen MR) is 194 cm³/mol. The molecule has 0 saturated heterocycles. The van der Waals surface area contributed by atoms with Crippen molar-refractivity contribution in [3.63, 3.8) is 0 Å². The van der Waals surface area contributed by atoms with E-state index >= 15 is 0 Å². The molecule has 0 unspecified atom stereocenters. The second-order valence-electron chi connectivity index (χ2n) is 11.4. The zero-order chi connectivity index (χ0) is 34.8. The Hall–Kier alpha value is -4.74. The molecule has 0 N–H and O–H groups in total. The normalized spacial score (nSPS) is 14.4. The Morgan fingerprint density at radius 3 is 2.45 bits per heavy atom. The number of benzene rings is 4. The first-order valence-electron chi connectivity index (χ1n) is 15.8. The summed E-state index contributed by atoms with van der Waals surface area (Å²) in [5.74, 6) is 0.840. The molecule has 8 nitrogen and oxygen atoms in total. The van der Waals surface area contributed by atoms with Crippen LogP contribution in [0.3, 0.4) is 0 Å². The first-order valence-corrected chi connectivity index (χ1v) is 17.4. The monoisotopic (exact) mass is 743 g/mol. The maximum absolute atomic E-state index is 14.5. The number of rotatable bonds is 10. The Bertz CT molecular complexity index is 2290. The number of carbonyl (C=O) groups is 1. The summed E-state index contributed by atoms with van der Waals surface area (Å²) in [5.41, 5.74) is 2.48. The number of carbonyl (C=O) groups excluding carboxylic acids is 1. The smallest absolute Gasteiger partial charge is 0.271 e. The number of ether oxygens (including phenoxy) is 3. The molecule has 1 amide bonds. The van der Waals surface area contributed by atoms with Crippen molar-refractivity contribution < 1.29 is 23.4 Å². The van der Waals surface area contributed by atoms with Crippen LogP contribution in [0.25, 0.3) is 16.8 Å². The molecule has 0 fully saturated rings. The summed E-state index contributed by atoms with van der Waals surface area (Å²) in [6, 6.07) is 20.9. The van der Waals surface area contributed by atoms with Crippen LogP contribution < -0.4 is 29.1 Å². The van der Waals surface area contributed by atoms with Crippen molar-refractivity contribution in [2.75, 3.05) is 27.3 Å². The minimum absolute atomic E-state index is 0.00507. The molecule has 1 atom stereocenters. The minimum Gasteiger partial charge on any atom is -0.496 e. The number of hydrogen-bond acceptors (Lipinski definition) is 7. The number of halogens is 2. The van der Waals surface area contributed by atoms with Crippen molar-refractivity contribution in [1.82, 2.24) is 9.47 Å². The highest BCUT2D eigenvalue weighted by Crippen LogP contribution is 2.41. The summed E-state index contributed by atoms with van der Waals surface area (Å²) in [6.45, 7) is 6.70. The molecule has 6 rings (SSSR count). The van der Waals surface area contributed by atoms with Crippen LogP contribution in [0.15, 0.2) is 98.3 Å². The SMILES string of the molecule is CCN(CC)C(=O)C1=C(C)N=c2s/c(=C/c3cc(Br)c(OCc4ccccc4F)c(OC)c3)c(=O)n2[C@H]1c1c(OC)ccc2ccccc12. The first-order chi connectivity index (χ1) is 23.7. The van der Waals surface area contributed by atoms with Gasteiger partial charge in [-0.15, -0.1) is 0 Å². The highest BCUT2D eigenvalue weighted by atomic mass is 79.9. The molecule has 252 valence electrons. The fourth-order valence-electron chi connectivity index (χ4n) is 6.16. The fraction of sp³-hybridized carbons (Fsp3) is 0.237. The molecule has 0 spiro atoms. The lowest BCUT2D eigenvalue weighted by Crippen LogP contribution is -2.43. The van der Waals surface area contributed by atoms with Gasteiger partial charge in [0.25, 0.3) is 11.5 Å². The number of likely N-dealkylation sites (N-methyl/N-ethyl adjacent to an activating group) is 1. The number of thiazole rings is 1. The second kappa shape index (κ2) is 14.4. The van der Waals surface area contributed by atoms with Crippen molar-refractivity contribution in [3.8, 4) is 17.2 Å². The van der Waals surface area contributed by atoms with Gasteiger partial charge < -0.3 is 19.1 Å². The summed E-state index contributed by atoms with van der Waals surface area (Å²) < 4.78 is 34.4. The van der Waals surface area contributed by atoms with Crippen LogP contribution in [-0.2, 0) is 11.4 Å². The van der Waals surface area contributed by atoms with E-state index in [-0.39, 0.29) is 23.9 Å². The summed E-state index contributed by atoms with van der Waals surface area (Å²) in [4.78, 5) is 35.8. The minimum atomic E-state index is -0.789. The van der Waals surface area contributed by atoms with Crippen LogP contribution in [0.5, 0.6) is 17.2 Å². The lowest BCUT2D eigenvalue weighted by atomic mass is 9.90. The highest BCUT2D eigenvalue weighted by molar-refractivity contribution is 9.10. The van der Waals surface area contributed by atoms with Crippen LogP contribution in [0.4, 0.5) is 4.39 Å². The third-order valence-corrected chi connectivity index (χ3v) is 10.2. The number of hydrogen-bond donors (Lipinski definition) is 0. The highest BCUT2D eigenvalue weighted by Gasteiger charge is 2.36. The molecule has 1 aliphatic rings. The van der Waals surface area contributed by atoms with Crippen LogP contribution in [0.2, 0.25) is 0 Å². The molecule has 0 aliphatic carbocycles. The van der Waals surface area contributed by atoms with Gasteiger partial charge in [-0.3, -0.25) is 14.2 Å². The van der Waals surface area contributed by atoms with E-state index in [2.05, 4.69) is 15.9 Å². The third kappa shape index (κ3) is 6.40. The van der Waals surface area contributed by atoms with Gasteiger partial charge in [-0.2, -0.15) is 0 Å². The Morgan fingerprint density at radius 1 is 1.02 bits per heavy atom. The fourth-order valence-corrected chi connectivity index (χ4v) is 7.79. The van der Waals surface area contributed by atoms with Crippen molar-refractivity contribution in [3.05, 3.63) is 131 Å². The number of methoxy groups -OCH3 is 2. The van der Waals surface area contributed by atoms with Crippen molar-refractivity contribution in [1.29, 1.82) is 0 Å².